The summed E-state index contributed by atoms with van der Waals surface area (Å²) in [6.45, 7) is 3.35. The molecule has 1 amide bonds. The van der Waals surface area contributed by atoms with E-state index in [0.717, 1.165) is 30.8 Å². The Morgan fingerprint density at radius 1 is 1.31 bits per heavy atom. The number of aromatic nitrogens is 4. The van der Waals surface area contributed by atoms with E-state index in [1.165, 1.54) is 6.33 Å². The molecule has 0 saturated carbocycles. The van der Waals surface area contributed by atoms with E-state index in [1.807, 2.05) is 42.2 Å². The van der Waals surface area contributed by atoms with E-state index in [9.17, 15) is 4.79 Å². The Morgan fingerprint density at radius 2 is 2.15 bits per heavy atom. The maximum atomic E-state index is 13.0. The largest absolute Gasteiger partial charge is 0.496 e. The molecular formula is C19H21N5O2. The van der Waals surface area contributed by atoms with Gasteiger partial charge in [-0.15, -0.1) is 0 Å². The molecule has 4 rings (SSSR count). The third-order valence-corrected chi connectivity index (χ3v) is 4.87. The van der Waals surface area contributed by atoms with Gasteiger partial charge in [0.25, 0.3) is 11.7 Å². The molecule has 1 aromatic carbocycles. The van der Waals surface area contributed by atoms with Crippen molar-refractivity contribution in [2.24, 2.45) is 0 Å². The number of aryl methyl sites for hydroxylation is 1. The predicted octanol–water partition coefficient (Wildman–Crippen LogP) is 2.46. The van der Waals surface area contributed by atoms with Crippen molar-refractivity contribution in [3.05, 3.63) is 53.6 Å². The van der Waals surface area contributed by atoms with E-state index < -0.39 is 0 Å². The van der Waals surface area contributed by atoms with Crippen LogP contribution in [0.5, 0.6) is 5.75 Å². The minimum Gasteiger partial charge on any atom is -0.496 e. The van der Waals surface area contributed by atoms with Crippen LogP contribution < -0.4 is 4.74 Å². The number of ether oxygens (including phenoxy) is 1. The second kappa shape index (κ2) is 6.74. The lowest BCUT2D eigenvalue weighted by Crippen LogP contribution is -2.39. The quantitative estimate of drug-likeness (QED) is 0.725. The molecule has 1 aliphatic heterocycles. The van der Waals surface area contributed by atoms with Crippen molar-refractivity contribution >= 4 is 11.7 Å². The van der Waals surface area contributed by atoms with Crippen LogP contribution in [-0.2, 0) is 0 Å². The Labute approximate surface area is 151 Å². The number of para-hydroxylation sites is 1. The van der Waals surface area contributed by atoms with E-state index in [4.69, 9.17) is 4.74 Å². The fourth-order valence-corrected chi connectivity index (χ4v) is 3.64. The first kappa shape index (κ1) is 16.5. The minimum absolute atomic E-state index is 0.00719. The number of carbonyl (C=O) groups excluding carboxylic acids is 1. The highest BCUT2D eigenvalue weighted by atomic mass is 16.5. The Balaban J connectivity index is 1.63. The van der Waals surface area contributed by atoms with Gasteiger partial charge in [0.2, 0.25) is 0 Å². The van der Waals surface area contributed by atoms with Crippen LogP contribution in [0.1, 0.15) is 40.5 Å². The lowest BCUT2D eigenvalue weighted by molar-refractivity contribution is 0.0702. The first-order chi connectivity index (χ1) is 12.7. The van der Waals surface area contributed by atoms with Gasteiger partial charge in [-0.2, -0.15) is 10.1 Å². The summed E-state index contributed by atoms with van der Waals surface area (Å²) in [5.74, 6) is 1.42. The van der Waals surface area contributed by atoms with Gasteiger partial charge >= 0.3 is 0 Å². The van der Waals surface area contributed by atoms with Crippen molar-refractivity contribution in [2.45, 2.75) is 25.7 Å². The van der Waals surface area contributed by atoms with Crippen LogP contribution in [-0.4, -0.2) is 50.6 Å². The fourth-order valence-electron chi connectivity index (χ4n) is 3.64. The second-order valence-corrected chi connectivity index (χ2v) is 6.58. The molecule has 3 heterocycles. The molecule has 0 radical (unpaired) electrons. The number of carbonyl (C=O) groups is 1. The second-order valence-electron chi connectivity index (χ2n) is 6.58. The standard InChI is InChI=1S/C19H21N5O2/c1-13-10-16(24-19(22-13)20-12-21-24)14-6-5-9-23(11-14)18(25)15-7-3-4-8-17(15)26-2/h3-4,7-8,10,12,14H,5-6,9,11H2,1-2H3. The number of benzene rings is 1. The van der Waals surface area contributed by atoms with Crippen molar-refractivity contribution in [1.82, 2.24) is 24.5 Å². The van der Waals surface area contributed by atoms with Crippen LogP contribution in [0.15, 0.2) is 36.7 Å². The molecule has 1 fully saturated rings. The van der Waals surface area contributed by atoms with Crippen molar-refractivity contribution in [3.63, 3.8) is 0 Å². The molecule has 26 heavy (non-hydrogen) atoms. The Kier molecular flexibility index (Phi) is 4.28. The lowest BCUT2D eigenvalue weighted by Gasteiger charge is -2.33. The van der Waals surface area contributed by atoms with E-state index in [-0.39, 0.29) is 11.8 Å². The predicted molar refractivity (Wildman–Crippen MR) is 96.4 cm³/mol. The summed E-state index contributed by atoms with van der Waals surface area (Å²) in [6.07, 6.45) is 3.48. The molecule has 7 heteroatoms. The number of amides is 1. The van der Waals surface area contributed by atoms with Crippen LogP contribution in [0.25, 0.3) is 5.78 Å². The van der Waals surface area contributed by atoms with Crippen molar-refractivity contribution < 1.29 is 9.53 Å². The monoisotopic (exact) mass is 351 g/mol. The summed E-state index contributed by atoms with van der Waals surface area (Å²) in [6, 6.07) is 9.42. The van der Waals surface area contributed by atoms with Gasteiger partial charge in [0.05, 0.1) is 18.4 Å². The molecule has 7 nitrogen and oxygen atoms in total. The molecule has 134 valence electrons. The molecular weight excluding hydrogens is 330 g/mol. The van der Waals surface area contributed by atoms with Crippen molar-refractivity contribution in [1.29, 1.82) is 0 Å². The smallest absolute Gasteiger partial charge is 0.257 e. The highest BCUT2D eigenvalue weighted by Gasteiger charge is 2.28. The Morgan fingerprint density at radius 3 is 3.00 bits per heavy atom. The maximum Gasteiger partial charge on any atom is 0.257 e. The topological polar surface area (TPSA) is 72.6 Å². The fraction of sp³-hybridized carbons (Fsp3) is 0.368. The number of piperidine rings is 1. The number of rotatable bonds is 3. The zero-order valence-corrected chi connectivity index (χ0v) is 14.9. The van der Waals surface area contributed by atoms with Gasteiger partial charge in [-0.25, -0.2) is 9.50 Å². The third-order valence-electron chi connectivity index (χ3n) is 4.87. The highest BCUT2D eigenvalue weighted by Crippen LogP contribution is 2.29. The van der Waals surface area contributed by atoms with Crippen LogP contribution in [0, 0.1) is 6.92 Å². The average molecular weight is 351 g/mol. The van der Waals surface area contributed by atoms with Crippen molar-refractivity contribution in [3.8, 4) is 5.75 Å². The molecule has 2 aromatic heterocycles. The molecule has 1 saturated heterocycles. The number of likely N-dealkylation sites (tertiary alicyclic amines) is 1. The summed E-state index contributed by atoms with van der Waals surface area (Å²) < 4.78 is 7.14. The van der Waals surface area contributed by atoms with Gasteiger partial charge in [0.15, 0.2) is 0 Å². The molecule has 0 aliphatic carbocycles. The molecule has 3 aromatic rings. The van der Waals surface area contributed by atoms with Gasteiger partial charge in [-0.3, -0.25) is 4.79 Å². The van der Waals surface area contributed by atoms with Crippen LogP contribution in [0.4, 0.5) is 0 Å². The van der Waals surface area contributed by atoms with Crippen molar-refractivity contribution in [2.75, 3.05) is 20.2 Å². The van der Waals surface area contributed by atoms with Gasteiger partial charge in [-0.05, 0) is 38.0 Å². The summed E-state index contributed by atoms with van der Waals surface area (Å²) in [4.78, 5) is 23.6. The molecule has 0 N–H and O–H groups in total. The van der Waals surface area contributed by atoms with Crippen LogP contribution in [0.3, 0.4) is 0 Å². The van der Waals surface area contributed by atoms with Gasteiger partial charge in [-0.1, -0.05) is 12.1 Å². The Hall–Kier alpha value is -2.96. The average Bonchev–Trinajstić information content (AvgIpc) is 3.15. The summed E-state index contributed by atoms with van der Waals surface area (Å²) in [5, 5.41) is 4.31. The van der Waals surface area contributed by atoms with Gasteiger partial charge < -0.3 is 9.64 Å². The first-order valence-electron chi connectivity index (χ1n) is 8.77. The van der Waals surface area contributed by atoms with Crippen LogP contribution in [0.2, 0.25) is 0 Å². The zero-order valence-electron chi connectivity index (χ0n) is 14.9. The summed E-state index contributed by atoms with van der Waals surface area (Å²) in [7, 11) is 1.59. The van der Waals surface area contributed by atoms with Gasteiger partial charge in [0.1, 0.15) is 12.1 Å². The maximum absolute atomic E-state index is 13.0. The van der Waals surface area contributed by atoms with E-state index >= 15 is 0 Å². The first-order valence-corrected chi connectivity index (χ1v) is 8.77. The number of nitrogens with zero attached hydrogens (tertiary/aromatic N) is 5. The Bertz CT molecular complexity index is 952. The molecule has 0 bridgehead atoms. The molecule has 1 aliphatic rings. The summed E-state index contributed by atoms with van der Waals surface area (Å²) in [5.41, 5.74) is 2.57. The van der Waals surface area contributed by atoms with E-state index in [0.29, 0.717) is 23.6 Å². The molecule has 1 atom stereocenters. The highest BCUT2D eigenvalue weighted by molar-refractivity contribution is 5.97. The number of fused-ring (bicyclic) bond motifs is 1. The molecule has 1 unspecified atom stereocenters. The number of hydrogen-bond acceptors (Lipinski definition) is 5. The number of hydrogen-bond donors (Lipinski definition) is 0. The third kappa shape index (κ3) is 2.89. The lowest BCUT2D eigenvalue weighted by atomic mass is 9.93. The van der Waals surface area contributed by atoms with Gasteiger partial charge in [0, 0.05) is 24.7 Å². The van der Waals surface area contributed by atoms with Crippen LogP contribution >= 0.6 is 0 Å². The zero-order chi connectivity index (χ0) is 18.1. The summed E-state index contributed by atoms with van der Waals surface area (Å²) >= 11 is 0. The van der Waals surface area contributed by atoms with E-state index in [1.54, 1.807) is 11.6 Å². The molecule has 0 spiro atoms. The SMILES string of the molecule is COc1ccccc1C(=O)N1CCCC(c2cc(C)nc3ncnn23)C1. The number of methoxy groups -OCH3 is 1. The minimum atomic E-state index is 0.00719. The normalized spacial score (nSPS) is 17.5. The van der Waals surface area contributed by atoms with E-state index in [2.05, 4.69) is 15.1 Å².